The summed E-state index contributed by atoms with van der Waals surface area (Å²) in [5, 5.41) is 10.8. The lowest BCUT2D eigenvalue weighted by molar-refractivity contribution is -0.116. The third kappa shape index (κ3) is 6.29. The van der Waals surface area contributed by atoms with Crippen molar-refractivity contribution < 1.29 is 14.3 Å². The number of hydrogen-bond acceptors (Lipinski definition) is 4. The number of nitrogens with one attached hydrogen (secondary N) is 2. The Balaban J connectivity index is 1.63. The summed E-state index contributed by atoms with van der Waals surface area (Å²) < 4.78 is 7.02. The highest BCUT2D eigenvalue weighted by molar-refractivity contribution is 5.99. The molecule has 0 saturated heterocycles. The molecule has 0 aliphatic rings. The molecule has 0 aliphatic heterocycles. The summed E-state index contributed by atoms with van der Waals surface area (Å²) >= 11 is 0. The van der Waals surface area contributed by atoms with Crippen molar-refractivity contribution in [3.63, 3.8) is 0 Å². The fourth-order valence-corrected chi connectivity index (χ4v) is 4.45. The number of nitrogens with zero attached hydrogens (tertiary/aromatic N) is 3. The second kappa shape index (κ2) is 12.3. The Kier molecular flexibility index (Phi) is 8.66. The van der Waals surface area contributed by atoms with Crippen LogP contribution in [-0.4, -0.2) is 46.8 Å². The molecule has 3 aromatic carbocycles. The van der Waals surface area contributed by atoms with Crippen molar-refractivity contribution in [2.75, 3.05) is 30.8 Å². The van der Waals surface area contributed by atoms with E-state index < -0.39 is 0 Å². The molecule has 0 spiro atoms. The number of carbonyl (C=O) groups is 2. The Morgan fingerprint density at radius 2 is 1.64 bits per heavy atom. The van der Waals surface area contributed by atoms with Crippen molar-refractivity contribution in [3.8, 4) is 22.6 Å². The van der Waals surface area contributed by atoms with E-state index >= 15 is 0 Å². The number of ether oxygens (including phenoxy) is 1. The van der Waals surface area contributed by atoms with Gasteiger partial charge in [0.15, 0.2) is 0 Å². The molecule has 0 unspecified atom stereocenters. The lowest BCUT2D eigenvalue weighted by Crippen LogP contribution is -2.41. The van der Waals surface area contributed by atoms with Crippen LogP contribution in [0.15, 0.2) is 72.8 Å². The predicted molar refractivity (Wildman–Crippen MR) is 156 cm³/mol. The molecule has 0 atom stereocenters. The number of aryl methyl sites for hydroxylation is 2. The SMILES string of the molecule is CCCN(CC(=O)Nc1c(-c2ccccc2)c(C)nn1-c1ccc(OC)cc1)C(=O)Nc1cccc(C)c1C. The lowest BCUT2D eigenvalue weighted by Gasteiger charge is -2.23. The summed E-state index contributed by atoms with van der Waals surface area (Å²) in [6, 6.07) is 22.7. The number of benzene rings is 3. The molecule has 0 saturated carbocycles. The van der Waals surface area contributed by atoms with Gasteiger partial charge in [-0.3, -0.25) is 4.79 Å². The largest absolute Gasteiger partial charge is 0.497 e. The van der Waals surface area contributed by atoms with Crippen LogP contribution < -0.4 is 15.4 Å². The van der Waals surface area contributed by atoms with Gasteiger partial charge in [0, 0.05) is 17.8 Å². The van der Waals surface area contributed by atoms with Crippen molar-refractivity contribution in [2.24, 2.45) is 0 Å². The first-order valence-electron chi connectivity index (χ1n) is 13.0. The Labute approximate surface area is 229 Å². The highest BCUT2D eigenvalue weighted by atomic mass is 16.5. The molecule has 1 heterocycles. The van der Waals surface area contributed by atoms with Crippen LogP contribution in [-0.2, 0) is 4.79 Å². The molecular formula is C31H35N5O3. The van der Waals surface area contributed by atoms with Crippen LogP contribution in [0.4, 0.5) is 16.3 Å². The van der Waals surface area contributed by atoms with E-state index in [-0.39, 0.29) is 18.5 Å². The van der Waals surface area contributed by atoms with Crippen LogP contribution in [0.2, 0.25) is 0 Å². The summed E-state index contributed by atoms with van der Waals surface area (Å²) in [7, 11) is 1.62. The zero-order valence-corrected chi connectivity index (χ0v) is 23.1. The topological polar surface area (TPSA) is 88.5 Å². The first kappa shape index (κ1) is 27.4. The Morgan fingerprint density at radius 1 is 0.923 bits per heavy atom. The summed E-state index contributed by atoms with van der Waals surface area (Å²) in [5.41, 5.74) is 6.12. The van der Waals surface area contributed by atoms with Gasteiger partial charge in [0.25, 0.3) is 0 Å². The Bertz CT molecular complexity index is 1450. The summed E-state index contributed by atoms with van der Waals surface area (Å²) in [4.78, 5) is 28.2. The third-order valence-corrected chi connectivity index (χ3v) is 6.66. The van der Waals surface area contributed by atoms with Crippen LogP contribution in [0.1, 0.15) is 30.2 Å². The maximum Gasteiger partial charge on any atom is 0.322 e. The Hall–Kier alpha value is -4.59. The van der Waals surface area contributed by atoms with Crippen LogP contribution in [0.25, 0.3) is 16.8 Å². The van der Waals surface area contributed by atoms with Gasteiger partial charge in [-0.25, -0.2) is 9.48 Å². The van der Waals surface area contributed by atoms with Gasteiger partial charge in [-0.1, -0.05) is 49.4 Å². The number of hydrogen-bond donors (Lipinski definition) is 2. The quantitative estimate of drug-likeness (QED) is 0.266. The maximum atomic E-state index is 13.5. The molecule has 0 bridgehead atoms. The van der Waals surface area contributed by atoms with Gasteiger partial charge in [0.1, 0.15) is 18.1 Å². The molecule has 8 heteroatoms. The molecule has 0 fully saturated rings. The zero-order valence-electron chi connectivity index (χ0n) is 23.1. The molecule has 202 valence electrons. The fourth-order valence-electron chi connectivity index (χ4n) is 4.45. The standard InChI is InChI=1S/C31H35N5O3/c1-6-19-35(31(38)32-27-14-10-11-21(2)22(27)3)20-28(37)33-30-29(24-12-8-7-9-13-24)23(4)34-36(30)25-15-17-26(39-5)18-16-25/h7-18H,6,19-20H2,1-5H3,(H,32,38)(H,33,37). The number of anilines is 2. The molecule has 0 radical (unpaired) electrons. The van der Waals surface area contributed by atoms with Crippen molar-refractivity contribution >= 4 is 23.4 Å². The van der Waals surface area contributed by atoms with E-state index in [0.29, 0.717) is 18.8 Å². The highest BCUT2D eigenvalue weighted by Crippen LogP contribution is 2.33. The monoisotopic (exact) mass is 525 g/mol. The number of carbonyl (C=O) groups excluding carboxylic acids is 2. The van der Waals surface area contributed by atoms with E-state index in [4.69, 9.17) is 9.84 Å². The second-order valence-corrected chi connectivity index (χ2v) is 9.43. The predicted octanol–water partition coefficient (Wildman–Crippen LogP) is 6.36. The van der Waals surface area contributed by atoms with Crippen molar-refractivity contribution in [1.29, 1.82) is 0 Å². The van der Waals surface area contributed by atoms with Crippen molar-refractivity contribution in [3.05, 3.63) is 89.6 Å². The number of urea groups is 1. The van der Waals surface area contributed by atoms with E-state index in [1.54, 1.807) is 11.8 Å². The minimum atomic E-state index is -0.316. The fraction of sp³-hybridized carbons (Fsp3) is 0.258. The molecule has 0 aliphatic carbocycles. The van der Waals surface area contributed by atoms with Crippen LogP contribution in [0, 0.1) is 20.8 Å². The average Bonchev–Trinajstić information content (AvgIpc) is 3.26. The van der Waals surface area contributed by atoms with E-state index in [9.17, 15) is 9.59 Å². The summed E-state index contributed by atoms with van der Waals surface area (Å²) in [6.45, 7) is 8.19. The van der Waals surface area contributed by atoms with Gasteiger partial charge in [-0.05, 0) is 74.2 Å². The van der Waals surface area contributed by atoms with Gasteiger partial charge in [-0.15, -0.1) is 0 Å². The molecule has 39 heavy (non-hydrogen) atoms. The summed E-state index contributed by atoms with van der Waals surface area (Å²) in [6.07, 6.45) is 0.714. The van der Waals surface area contributed by atoms with Crippen molar-refractivity contribution in [1.82, 2.24) is 14.7 Å². The van der Waals surface area contributed by atoms with Gasteiger partial charge < -0.3 is 20.3 Å². The van der Waals surface area contributed by atoms with E-state index in [2.05, 4.69) is 10.6 Å². The lowest BCUT2D eigenvalue weighted by atomic mass is 10.1. The van der Waals surface area contributed by atoms with Gasteiger partial charge in [0.05, 0.1) is 18.5 Å². The highest BCUT2D eigenvalue weighted by Gasteiger charge is 2.23. The van der Waals surface area contributed by atoms with Crippen molar-refractivity contribution in [2.45, 2.75) is 34.1 Å². The molecule has 4 aromatic rings. The van der Waals surface area contributed by atoms with Crippen LogP contribution >= 0.6 is 0 Å². The van der Waals surface area contributed by atoms with E-state index in [1.807, 2.05) is 100 Å². The zero-order chi connectivity index (χ0) is 27.9. The summed E-state index contributed by atoms with van der Waals surface area (Å²) in [5.74, 6) is 0.952. The average molecular weight is 526 g/mol. The molecular weight excluding hydrogens is 490 g/mol. The van der Waals surface area contributed by atoms with Crippen LogP contribution in [0.3, 0.4) is 0 Å². The smallest absolute Gasteiger partial charge is 0.322 e. The molecule has 4 rings (SSSR count). The number of amides is 3. The molecule has 2 N–H and O–H groups in total. The first-order chi connectivity index (χ1) is 18.8. The molecule has 3 amide bonds. The minimum absolute atomic E-state index is 0.106. The Morgan fingerprint density at radius 3 is 2.31 bits per heavy atom. The molecule has 1 aromatic heterocycles. The number of aromatic nitrogens is 2. The van der Waals surface area contributed by atoms with Gasteiger partial charge >= 0.3 is 6.03 Å². The second-order valence-electron chi connectivity index (χ2n) is 9.43. The first-order valence-corrected chi connectivity index (χ1v) is 13.0. The maximum absolute atomic E-state index is 13.5. The molecule has 8 nitrogen and oxygen atoms in total. The third-order valence-electron chi connectivity index (χ3n) is 6.66. The number of methoxy groups -OCH3 is 1. The van der Waals surface area contributed by atoms with Gasteiger partial charge in [0.2, 0.25) is 5.91 Å². The normalized spacial score (nSPS) is 10.7. The van der Waals surface area contributed by atoms with E-state index in [1.165, 1.54) is 4.90 Å². The number of rotatable bonds is 9. The van der Waals surface area contributed by atoms with Gasteiger partial charge in [-0.2, -0.15) is 5.10 Å². The van der Waals surface area contributed by atoms with Crippen LogP contribution in [0.5, 0.6) is 5.75 Å². The minimum Gasteiger partial charge on any atom is -0.497 e. The van der Waals surface area contributed by atoms with E-state index in [0.717, 1.165) is 45.1 Å².